The SMILES string of the molecule is N#Cc1cc([CH]O)cc(C(F)(F)F)c1. The van der Waals surface area contributed by atoms with Gasteiger partial charge < -0.3 is 5.11 Å². The molecule has 0 atom stereocenters. The molecule has 5 heteroatoms. The van der Waals surface area contributed by atoms with Gasteiger partial charge in [0, 0.05) is 0 Å². The van der Waals surface area contributed by atoms with Crippen LogP contribution >= 0.6 is 0 Å². The van der Waals surface area contributed by atoms with Gasteiger partial charge in [0.15, 0.2) is 0 Å². The summed E-state index contributed by atoms with van der Waals surface area (Å²) in [4.78, 5) is 0. The van der Waals surface area contributed by atoms with Crippen LogP contribution in [0.1, 0.15) is 16.7 Å². The van der Waals surface area contributed by atoms with E-state index in [1.54, 1.807) is 6.07 Å². The molecule has 1 radical (unpaired) electrons. The maximum absolute atomic E-state index is 12.2. The molecule has 14 heavy (non-hydrogen) atoms. The highest BCUT2D eigenvalue weighted by Crippen LogP contribution is 2.30. The Kier molecular flexibility index (Phi) is 2.77. The number of aliphatic hydroxyl groups is 1. The van der Waals surface area contributed by atoms with Crippen LogP contribution in [0.2, 0.25) is 0 Å². The van der Waals surface area contributed by atoms with Crippen molar-refractivity contribution in [2.24, 2.45) is 0 Å². The summed E-state index contributed by atoms with van der Waals surface area (Å²) in [5.41, 5.74) is -1.13. The van der Waals surface area contributed by atoms with E-state index in [1.165, 1.54) is 0 Å². The van der Waals surface area contributed by atoms with Crippen molar-refractivity contribution in [3.8, 4) is 6.07 Å². The van der Waals surface area contributed by atoms with Gasteiger partial charge in [0.05, 0.1) is 17.2 Å². The van der Waals surface area contributed by atoms with Gasteiger partial charge in [0.25, 0.3) is 0 Å². The molecular weight excluding hydrogens is 195 g/mol. The third kappa shape index (κ3) is 2.24. The topological polar surface area (TPSA) is 44.0 Å². The molecule has 0 fully saturated rings. The normalized spacial score (nSPS) is 11.1. The van der Waals surface area contributed by atoms with Gasteiger partial charge in [-0.2, -0.15) is 18.4 Å². The van der Waals surface area contributed by atoms with Crippen molar-refractivity contribution in [3.05, 3.63) is 41.5 Å². The van der Waals surface area contributed by atoms with Crippen molar-refractivity contribution in [1.82, 2.24) is 0 Å². The summed E-state index contributed by atoms with van der Waals surface area (Å²) in [6.07, 6.45) is -4.51. The molecule has 73 valence electrons. The summed E-state index contributed by atoms with van der Waals surface area (Å²) in [5.74, 6) is 0. The first kappa shape index (κ1) is 10.5. The van der Waals surface area contributed by atoms with Crippen LogP contribution in [0, 0.1) is 17.9 Å². The van der Waals surface area contributed by atoms with Crippen molar-refractivity contribution in [2.45, 2.75) is 6.18 Å². The Morgan fingerprint density at radius 2 is 1.93 bits per heavy atom. The zero-order chi connectivity index (χ0) is 10.8. The van der Waals surface area contributed by atoms with E-state index in [2.05, 4.69) is 0 Å². The van der Waals surface area contributed by atoms with Crippen LogP contribution in [0.15, 0.2) is 18.2 Å². The molecule has 0 aliphatic carbocycles. The van der Waals surface area contributed by atoms with E-state index in [0.29, 0.717) is 6.61 Å². The first-order valence-corrected chi connectivity index (χ1v) is 3.57. The summed E-state index contributed by atoms with van der Waals surface area (Å²) in [6, 6.07) is 4.24. The molecule has 0 saturated carbocycles. The van der Waals surface area contributed by atoms with Crippen molar-refractivity contribution in [1.29, 1.82) is 5.26 Å². The lowest BCUT2D eigenvalue weighted by molar-refractivity contribution is -0.137. The fourth-order valence-corrected chi connectivity index (χ4v) is 0.954. The van der Waals surface area contributed by atoms with E-state index >= 15 is 0 Å². The van der Waals surface area contributed by atoms with Crippen molar-refractivity contribution in [2.75, 3.05) is 0 Å². The third-order valence-electron chi connectivity index (χ3n) is 1.56. The molecule has 0 saturated heterocycles. The molecule has 1 aromatic carbocycles. The average molecular weight is 200 g/mol. The summed E-state index contributed by atoms with van der Waals surface area (Å²) in [5, 5.41) is 17.0. The molecule has 0 aliphatic heterocycles. The van der Waals surface area contributed by atoms with Gasteiger partial charge in [0.2, 0.25) is 0 Å². The zero-order valence-electron chi connectivity index (χ0n) is 6.84. The Morgan fingerprint density at radius 3 is 2.36 bits per heavy atom. The van der Waals surface area contributed by atoms with Crippen LogP contribution in [-0.4, -0.2) is 5.11 Å². The molecule has 0 spiro atoms. The summed E-state index contributed by atoms with van der Waals surface area (Å²) < 4.78 is 36.6. The van der Waals surface area contributed by atoms with Crippen molar-refractivity contribution in [3.63, 3.8) is 0 Å². The predicted molar refractivity (Wildman–Crippen MR) is 41.5 cm³/mol. The van der Waals surface area contributed by atoms with Crippen LogP contribution in [0.5, 0.6) is 0 Å². The van der Waals surface area contributed by atoms with Crippen LogP contribution in [0.25, 0.3) is 0 Å². The lowest BCUT2D eigenvalue weighted by Crippen LogP contribution is -2.06. The highest BCUT2D eigenvalue weighted by molar-refractivity contribution is 5.40. The minimum atomic E-state index is -4.51. The molecule has 0 aliphatic rings. The maximum atomic E-state index is 12.2. The van der Waals surface area contributed by atoms with E-state index in [0.717, 1.165) is 18.2 Å². The second kappa shape index (κ2) is 3.68. The van der Waals surface area contributed by atoms with E-state index < -0.39 is 11.7 Å². The van der Waals surface area contributed by atoms with Crippen LogP contribution in [-0.2, 0) is 6.18 Å². The Morgan fingerprint density at radius 1 is 1.29 bits per heavy atom. The predicted octanol–water partition coefficient (Wildman–Crippen LogP) is 2.46. The van der Waals surface area contributed by atoms with Gasteiger partial charge in [0.1, 0.15) is 6.61 Å². The smallest absolute Gasteiger partial charge is 0.385 e. The second-order valence-electron chi connectivity index (χ2n) is 2.58. The standard InChI is InChI=1S/C9H5F3NO/c10-9(11,12)8-2-6(4-13)1-7(3-8)5-14/h1-3,5,14H. The number of benzene rings is 1. The number of nitriles is 1. The number of hydrogen-bond donors (Lipinski definition) is 1. The van der Waals surface area contributed by atoms with Crippen molar-refractivity contribution >= 4 is 0 Å². The number of halogens is 3. The first-order chi connectivity index (χ1) is 6.47. The Bertz CT molecular complexity index is 379. The molecule has 0 amide bonds. The quantitative estimate of drug-likeness (QED) is 0.756. The van der Waals surface area contributed by atoms with Gasteiger partial charge in [-0.1, -0.05) is 0 Å². The summed E-state index contributed by atoms with van der Waals surface area (Å²) in [6.45, 7) is 0.524. The van der Waals surface area contributed by atoms with Gasteiger partial charge in [-0.15, -0.1) is 0 Å². The molecule has 0 heterocycles. The van der Waals surface area contributed by atoms with E-state index in [9.17, 15) is 13.2 Å². The fourth-order valence-electron chi connectivity index (χ4n) is 0.954. The molecule has 0 bridgehead atoms. The number of aliphatic hydroxyl groups excluding tert-OH is 1. The maximum Gasteiger partial charge on any atom is 0.416 e. The fraction of sp³-hybridized carbons (Fsp3) is 0.111. The Labute approximate surface area is 78.2 Å². The zero-order valence-corrected chi connectivity index (χ0v) is 6.84. The summed E-state index contributed by atoms with van der Waals surface area (Å²) in [7, 11) is 0. The minimum absolute atomic E-state index is 0.0450. The highest BCUT2D eigenvalue weighted by Gasteiger charge is 2.31. The van der Waals surface area contributed by atoms with Crippen LogP contribution < -0.4 is 0 Å². The first-order valence-electron chi connectivity index (χ1n) is 3.57. The van der Waals surface area contributed by atoms with Crippen LogP contribution in [0.4, 0.5) is 13.2 Å². The largest absolute Gasteiger partial charge is 0.416 e. The molecule has 1 rings (SSSR count). The van der Waals surface area contributed by atoms with Gasteiger partial charge in [-0.3, -0.25) is 0 Å². The monoisotopic (exact) mass is 200 g/mol. The minimum Gasteiger partial charge on any atom is -0.385 e. The number of nitrogens with zero attached hydrogens (tertiary/aromatic N) is 1. The molecule has 1 N–H and O–H groups in total. The molecule has 0 aromatic heterocycles. The molecular formula is C9H5F3NO. The van der Waals surface area contributed by atoms with E-state index in [1.807, 2.05) is 0 Å². The van der Waals surface area contributed by atoms with Crippen molar-refractivity contribution < 1.29 is 18.3 Å². The lowest BCUT2D eigenvalue weighted by Gasteiger charge is -2.07. The Hall–Kier alpha value is -1.54. The highest BCUT2D eigenvalue weighted by atomic mass is 19.4. The number of alkyl halides is 3. The van der Waals surface area contributed by atoms with Gasteiger partial charge >= 0.3 is 6.18 Å². The Balaban J connectivity index is 3.26. The number of rotatable bonds is 1. The number of hydrogen-bond acceptors (Lipinski definition) is 2. The van der Waals surface area contributed by atoms with E-state index in [4.69, 9.17) is 10.4 Å². The second-order valence-corrected chi connectivity index (χ2v) is 2.58. The third-order valence-corrected chi connectivity index (χ3v) is 1.56. The van der Waals surface area contributed by atoms with Gasteiger partial charge in [-0.05, 0) is 23.8 Å². The molecule has 0 unspecified atom stereocenters. The molecule has 2 nitrogen and oxygen atoms in total. The van der Waals surface area contributed by atoms with Gasteiger partial charge in [-0.25, -0.2) is 0 Å². The van der Waals surface area contributed by atoms with Crippen LogP contribution in [0.3, 0.4) is 0 Å². The summed E-state index contributed by atoms with van der Waals surface area (Å²) >= 11 is 0. The molecule has 1 aromatic rings. The van der Waals surface area contributed by atoms with E-state index in [-0.39, 0.29) is 11.1 Å². The average Bonchev–Trinajstić information content (AvgIpc) is 2.15. The lowest BCUT2D eigenvalue weighted by atomic mass is 10.1.